The van der Waals surface area contributed by atoms with Crippen LogP contribution in [0.5, 0.6) is 11.5 Å². The Morgan fingerprint density at radius 1 is 0.975 bits per heavy atom. The number of phosphoric acid groups is 1. The lowest BCUT2D eigenvalue weighted by molar-refractivity contribution is -0.172. The predicted molar refractivity (Wildman–Crippen MR) is 141 cm³/mol. The van der Waals surface area contributed by atoms with Crippen LogP contribution in [-0.4, -0.2) is 46.8 Å². The number of carbonyl (C=O) groups is 3. The van der Waals surface area contributed by atoms with Gasteiger partial charge < -0.3 is 28.2 Å². The van der Waals surface area contributed by atoms with E-state index in [-0.39, 0.29) is 29.4 Å². The number of phosphoric ester groups is 1. The average Bonchev–Trinajstić information content (AvgIpc) is 3.15. The highest BCUT2D eigenvalue weighted by Crippen LogP contribution is 2.57. The molecule has 0 aliphatic carbocycles. The van der Waals surface area contributed by atoms with Gasteiger partial charge in [0.1, 0.15) is 17.3 Å². The Bertz CT molecular complexity index is 1250. The third-order valence-corrected chi connectivity index (χ3v) is 7.87. The van der Waals surface area contributed by atoms with Gasteiger partial charge >= 0.3 is 19.8 Å². The number of hydrogen-bond acceptors (Lipinski definition) is 10. The van der Waals surface area contributed by atoms with Crippen LogP contribution >= 0.6 is 7.82 Å². The van der Waals surface area contributed by atoms with E-state index in [2.05, 4.69) is 0 Å². The van der Waals surface area contributed by atoms with E-state index in [1.165, 1.54) is 6.92 Å². The minimum Gasteiger partial charge on any atom is -0.428 e. The Kier molecular flexibility index (Phi) is 9.17. The average molecular weight is 574 g/mol. The number of amides is 1. The Morgan fingerprint density at radius 3 is 2.08 bits per heavy atom. The summed E-state index contributed by atoms with van der Waals surface area (Å²) < 4.78 is 41.5. The maximum absolute atomic E-state index is 14.1. The lowest BCUT2D eigenvalue weighted by atomic mass is 9.79. The minimum atomic E-state index is -4.52. The van der Waals surface area contributed by atoms with Crippen molar-refractivity contribution in [2.24, 2.45) is 11.8 Å². The molecular weight excluding hydrogens is 541 g/mol. The molecular formula is C28H32NO10P. The zero-order valence-electron chi connectivity index (χ0n) is 22.4. The van der Waals surface area contributed by atoms with Crippen LogP contribution in [0.2, 0.25) is 0 Å². The molecule has 3 unspecified atom stereocenters. The predicted octanol–water partition coefficient (Wildman–Crippen LogP) is 4.57. The maximum atomic E-state index is 14.1. The van der Waals surface area contributed by atoms with E-state index in [0.717, 1.165) is 11.3 Å². The summed E-state index contributed by atoms with van der Waals surface area (Å²) in [6.45, 7) is 4.37. The molecule has 0 aromatic heterocycles. The summed E-state index contributed by atoms with van der Waals surface area (Å²) in [6, 6.07) is 15.7. The van der Waals surface area contributed by atoms with Crippen LogP contribution in [-0.2, 0) is 32.9 Å². The van der Waals surface area contributed by atoms with Crippen molar-refractivity contribution in [2.75, 3.05) is 6.79 Å². The summed E-state index contributed by atoms with van der Waals surface area (Å²) in [5.41, 5.74) is -0.322. The fourth-order valence-corrected chi connectivity index (χ4v) is 6.01. The highest BCUT2D eigenvalue weighted by molar-refractivity contribution is 7.49. The third-order valence-electron chi connectivity index (χ3n) is 6.58. The molecule has 1 N–H and O–H groups in total. The Labute approximate surface area is 232 Å². The molecule has 11 nitrogen and oxygen atoms in total. The number of aliphatic hydroxyl groups is 1. The number of rotatable bonds is 13. The molecule has 1 saturated heterocycles. The quantitative estimate of drug-likeness (QED) is 0.157. The van der Waals surface area contributed by atoms with Gasteiger partial charge in [-0.2, -0.15) is 4.57 Å². The van der Waals surface area contributed by atoms with Crippen molar-refractivity contribution in [2.45, 2.75) is 52.2 Å². The van der Waals surface area contributed by atoms with E-state index in [4.69, 9.17) is 23.0 Å². The molecule has 12 heteroatoms. The summed E-state index contributed by atoms with van der Waals surface area (Å²) in [5, 5.41) is 10.2. The van der Waals surface area contributed by atoms with Crippen molar-refractivity contribution < 1.29 is 47.1 Å². The van der Waals surface area contributed by atoms with Crippen LogP contribution < -0.4 is 9.05 Å². The molecule has 0 saturated carbocycles. The molecule has 0 spiro atoms. The highest BCUT2D eigenvalue weighted by Gasteiger charge is 2.62. The molecule has 1 amide bonds. The zero-order chi connectivity index (χ0) is 28.9. The van der Waals surface area contributed by atoms with Gasteiger partial charge in [-0.1, -0.05) is 56.7 Å². The van der Waals surface area contributed by atoms with Crippen LogP contribution in [0.15, 0.2) is 72.1 Å². The van der Waals surface area contributed by atoms with Crippen molar-refractivity contribution in [3.8, 4) is 11.5 Å². The molecule has 1 fully saturated rings. The smallest absolute Gasteiger partial charge is 0.428 e. The molecule has 2 aliphatic rings. The normalized spacial score (nSPS) is 20.8. The minimum absolute atomic E-state index is 0.168. The van der Waals surface area contributed by atoms with Gasteiger partial charge in [0.05, 0.1) is 18.1 Å². The summed E-state index contributed by atoms with van der Waals surface area (Å²) in [4.78, 5) is 39.2. The van der Waals surface area contributed by atoms with E-state index in [1.807, 2.05) is 6.92 Å². The van der Waals surface area contributed by atoms with Gasteiger partial charge in [0.2, 0.25) is 12.7 Å². The summed E-state index contributed by atoms with van der Waals surface area (Å²) in [5.74, 6) is -3.43. The molecule has 2 aromatic rings. The van der Waals surface area contributed by atoms with E-state index >= 15 is 0 Å². The van der Waals surface area contributed by atoms with Gasteiger partial charge in [-0.05, 0) is 37.6 Å². The Morgan fingerprint density at radius 2 is 1.55 bits per heavy atom. The van der Waals surface area contributed by atoms with Gasteiger partial charge in [0, 0.05) is 12.3 Å². The van der Waals surface area contributed by atoms with Gasteiger partial charge in [-0.3, -0.25) is 14.5 Å². The molecule has 0 bridgehead atoms. The Balaban J connectivity index is 1.65. The first-order valence-electron chi connectivity index (χ1n) is 13.0. The third kappa shape index (κ3) is 6.32. The first-order valence-corrected chi connectivity index (χ1v) is 14.5. The van der Waals surface area contributed by atoms with Gasteiger partial charge in [0.15, 0.2) is 5.70 Å². The van der Waals surface area contributed by atoms with Crippen molar-refractivity contribution in [1.29, 1.82) is 0 Å². The number of ether oxygens (including phenoxy) is 2. The summed E-state index contributed by atoms with van der Waals surface area (Å²) in [6.07, 6.45) is 0.567. The topological polar surface area (TPSA) is 138 Å². The number of β-lactam (4-membered cyclic amide) rings is 1. The second-order valence-corrected chi connectivity index (χ2v) is 10.9. The number of para-hydroxylation sites is 2. The monoisotopic (exact) mass is 573 g/mol. The summed E-state index contributed by atoms with van der Waals surface area (Å²) in [7, 11) is -4.52. The van der Waals surface area contributed by atoms with E-state index < -0.39 is 56.4 Å². The van der Waals surface area contributed by atoms with E-state index in [1.54, 1.807) is 67.6 Å². The fraction of sp³-hybridized carbons (Fsp3) is 0.393. The van der Waals surface area contributed by atoms with Crippen LogP contribution in [0.25, 0.3) is 0 Å². The molecule has 2 heterocycles. The molecule has 0 radical (unpaired) electrons. The lowest BCUT2D eigenvalue weighted by Crippen LogP contribution is -2.63. The molecule has 214 valence electrons. The van der Waals surface area contributed by atoms with E-state index in [0.29, 0.717) is 6.42 Å². The van der Waals surface area contributed by atoms with Gasteiger partial charge in [0.25, 0.3) is 0 Å². The van der Waals surface area contributed by atoms with Gasteiger partial charge in [-0.25, -0.2) is 4.79 Å². The zero-order valence-corrected chi connectivity index (χ0v) is 23.3. The first-order chi connectivity index (χ1) is 19.1. The summed E-state index contributed by atoms with van der Waals surface area (Å²) >= 11 is 0. The number of hydrogen-bond donors (Lipinski definition) is 1. The van der Waals surface area contributed by atoms with Crippen LogP contribution in [0, 0.1) is 11.8 Å². The fourth-order valence-electron chi connectivity index (χ4n) is 4.64. The number of carbonyl (C=O) groups excluding carboxylic acids is 3. The van der Waals surface area contributed by atoms with E-state index in [9.17, 15) is 24.1 Å². The largest absolute Gasteiger partial charge is 0.646 e. The Hall–Kier alpha value is -3.82. The lowest BCUT2D eigenvalue weighted by Gasteiger charge is -2.46. The first kappa shape index (κ1) is 29.2. The standard InChI is InChI=1S/C28H32NO10P/c1-4-5-16-22(31)35-17-36-28(33)25-26(18(2)24-23(19(3)30)27(32)29(24)25)39-40(34,37-20-12-8-6-9-13-20)38-21-14-10-7-11-15-21/h6-15,18-19,23-24,30H,4-5,16-17H2,1-3H3/t18?,19?,23?,24-/m1/s1. The molecule has 4 atom stereocenters. The van der Waals surface area contributed by atoms with Crippen molar-refractivity contribution in [3.05, 3.63) is 72.1 Å². The highest BCUT2D eigenvalue weighted by atomic mass is 31.2. The number of nitrogens with zero attached hydrogens (tertiary/aromatic N) is 1. The number of unbranched alkanes of at least 4 members (excludes halogenated alkanes) is 1. The van der Waals surface area contributed by atoms with Crippen LogP contribution in [0.4, 0.5) is 0 Å². The van der Waals surface area contributed by atoms with Crippen molar-refractivity contribution >= 4 is 25.7 Å². The SMILES string of the molecule is CCCCC(=O)OCOC(=O)C1=C(OP(=O)(Oc2ccccc2)Oc2ccccc2)C(C)[C@@H]2C(C(C)O)C(=O)N12. The van der Waals surface area contributed by atoms with Crippen molar-refractivity contribution in [3.63, 3.8) is 0 Å². The van der Waals surface area contributed by atoms with Crippen molar-refractivity contribution in [1.82, 2.24) is 4.90 Å². The van der Waals surface area contributed by atoms with Crippen LogP contribution in [0.1, 0.15) is 40.0 Å². The maximum Gasteiger partial charge on any atom is 0.646 e. The number of benzene rings is 2. The number of fused-ring (bicyclic) bond motifs is 1. The molecule has 4 rings (SSSR count). The number of aliphatic hydroxyl groups excluding tert-OH is 1. The van der Waals surface area contributed by atoms with Gasteiger partial charge in [-0.15, -0.1) is 0 Å². The van der Waals surface area contributed by atoms with Crippen LogP contribution in [0.3, 0.4) is 0 Å². The molecule has 2 aromatic carbocycles. The second-order valence-electron chi connectivity index (χ2n) is 9.48. The second kappa shape index (κ2) is 12.6. The molecule has 40 heavy (non-hydrogen) atoms. The molecule has 2 aliphatic heterocycles. The number of esters is 2.